The highest BCUT2D eigenvalue weighted by molar-refractivity contribution is 9.10. The zero-order chi connectivity index (χ0) is 15.6. The van der Waals surface area contributed by atoms with E-state index in [2.05, 4.69) is 15.9 Å². The molecule has 1 amide bonds. The van der Waals surface area contributed by atoms with Gasteiger partial charge in [0.25, 0.3) is 0 Å². The van der Waals surface area contributed by atoms with Gasteiger partial charge in [-0.25, -0.2) is 0 Å². The number of carbonyl (C=O) groups is 2. The fourth-order valence-electron chi connectivity index (χ4n) is 2.31. The van der Waals surface area contributed by atoms with Crippen LogP contribution in [0.25, 0.3) is 0 Å². The lowest BCUT2D eigenvalue weighted by Gasteiger charge is -2.21. The van der Waals surface area contributed by atoms with Crippen LogP contribution in [0.1, 0.15) is 13.3 Å². The van der Waals surface area contributed by atoms with Gasteiger partial charge in [0.1, 0.15) is 0 Å². The Labute approximate surface area is 141 Å². The van der Waals surface area contributed by atoms with Gasteiger partial charge in [0.05, 0.1) is 17.3 Å². The molecule has 7 heteroatoms. The first-order chi connectivity index (χ1) is 9.92. The van der Waals surface area contributed by atoms with Crippen LogP contribution in [0.2, 0.25) is 5.02 Å². The van der Waals surface area contributed by atoms with Gasteiger partial charge in [0.15, 0.2) is 10.9 Å². The Bertz CT molecular complexity index is 582. The number of methoxy groups -OCH3 is 1. The topological polar surface area (TPSA) is 46.6 Å². The van der Waals surface area contributed by atoms with Crippen LogP contribution in [0.5, 0.6) is 5.75 Å². The van der Waals surface area contributed by atoms with E-state index in [0.29, 0.717) is 39.7 Å². The Kier molecular flexibility index (Phi) is 5.57. The van der Waals surface area contributed by atoms with Gasteiger partial charge in [0.2, 0.25) is 5.91 Å². The molecule has 0 radical (unpaired) electrons. The molecule has 0 bridgehead atoms. The summed E-state index contributed by atoms with van der Waals surface area (Å²) in [6.45, 7) is 2.11. The fraction of sp³-hybridized carbons (Fsp3) is 0.429. The molecule has 1 atom stereocenters. The second-order valence-electron chi connectivity index (χ2n) is 4.82. The third kappa shape index (κ3) is 3.93. The second-order valence-corrected chi connectivity index (χ2v) is 7.30. The Morgan fingerprint density at radius 2 is 2.29 bits per heavy atom. The second kappa shape index (κ2) is 7.03. The summed E-state index contributed by atoms with van der Waals surface area (Å²) in [5, 5.41) is 0.607. The lowest BCUT2D eigenvalue weighted by Crippen LogP contribution is -2.25. The summed E-state index contributed by atoms with van der Waals surface area (Å²) < 4.78 is 6.08. The van der Waals surface area contributed by atoms with Gasteiger partial charge in [-0.3, -0.25) is 9.59 Å². The Morgan fingerprint density at radius 1 is 1.57 bits per heavy atom. The first kappa shape index (κ1) is 16.6. The molecule has 0 aliphatic carbocycles. The summed E-state index contributed by atoms with van der Waals surface area (Å²) in [4.78, 5) is 25.0. The Balaban J connectivity index is 2.22. The summed E-state index contributed by atoms with van der Waals surface area (Å²) in [5.74, 6) is 1.43. The maximum absolute atomic E-state index is 12.2. The van der Waals surface area contributed by atoms with E-state index in [4.69, 9.17) is 16.3 Å². The van der Waals surface area contributed by atoms with Crippen LogP contribution in [-0.2, 0) is 9.59 Å². The molecule has 0 N–H and O–H groups in total. The number of ether oxygens (including phenoxy) is 1. The van der Waals surface area contributed by atoms with Gasteiger partial charge in [-0.1, -0.05) is 23.4 Å². The van der Waals surface area contributed by atoms with Crippen molar-refractivity contribution in [2.45, 2.75) is 13.3 Å². The van der Waals surface area contributed by atoms with E-state index >= 15 is 0 Å². The van der Waals surface area contributed by atoms with Crippen LogP contribution >= 0.6 is 39.3 Å². The number of carbonyl (C=O) groups excluding carboxylic acids is 2. The number of anilines is 1. The van der Waals surface area contributed by atoms with E-state index in [1.165, 1.54) is 18.7 Å². The molecule has 114 valence electrons. The Hall–Kier alpha value is -0.720. The average molecular weight is 393 g/mol. The van der Waals surface area contributed by atoms with Crippen LogP contribution in [-0.4, -0.2) is 30.4 Å². The molecule has 1 saturated heterocycles. The van der Waals surface area contributed by atoms with Crippen LogP contribution in [0.3, 0.4) is 0 Å². The van der Waals surface area contributed by atoms with Crippen LogP contribution in [0.15, 0.2) is 16.6 Å². The van der Waals surface area contributed by atoms with Crippen molar-refractivity contribution in [1.29, 1.82) is 0 Å². The minimum absolute atomic E-state index is 0.0246. The van der Waals surface area contributed by atoms with Crippen molar-refractivity contribution in [2.75, 3.05) is 24.3 Å². The smallest absolute Gasteiger partial charge is 0.227 e. The van der Waals surface area contributed by atoms with Crippen molar-refractivity contribution in [3.8, 4) is 5.75 Å². The molecule has 0 aromatic heterocycles. The number of hydrogen-bond donors (Lipinski definition) is 0. The van der Waals surface area contributed by atoms with Crippen molar-refractivity contribution >= 4 is 56.0 Å². The summed E-state index contributed by atoms with van der Waals surface area (Å²) >= 11 is 10.7. The number of halogens is 2. The number of thioether (sulfide) groups is 1. The number of benzene rings is 1. The fourth-order valence-corrected chi connectivity index (χ4v) is 3.96. The van der Waals surface area contributed by atoms with Crippen molar-refractivity contribution in [3.63, 3.8) is 0 Å². The molecule has 2 rings (SSSR count). The third-order valence-electron chi connectivity index (χ3n) is 3.21. The summed E-state index contributed by atoms with van der Waals surface area (Å²) in [6.07, 6.45) is 0.438. The lowest BCUT2D eigenvalue weighted by atomic mass is 10.1. The largest absolute Gasteiger partial charge is 0.493 e. The van der Waals surface area contributed by atoms with E-state index in [1.807, 2.05) is 0 Å². The Morgan fingerprint density at radius 3 is 2.90 bits per heavy atom. The molecule has 4 nitrogen and oxygen atoms in total. The van der Waals surface area contributed by atoms with Crippen molar-refractivity contribution < 1.29 is 14.3 Å². The molecule has 1 aliphatic heterocycles. The van der Waals surface area contributed by atoms with Crippen molar-refractivity contribution in [2.24, 2.45) is 5.92 Å². The maximum atomic E-state index is 12.2. The third-order valence-corrected chi connectivity index (χ3v) is 5.06. The standard InChI is InChI=1S/C14H15BrClNO3S/c1-8(18)21-7-9-3-13(19)17(6-9)12-5-10(16)4-11(15)14(12)20-2/h4-5,9H,3,6-7H2,1-2H3. The molecule has 1 aromatic carbocycles. The quantitative estimate of drug-likeness (QED) is 0.783. The average Bonchev–Trinajstić information content (AvgIpc) is 2.76. The van der Waals surface area contributed by atoms with Gasteiger partial charge in [0, 0.05) is 30.7 Å². The molecule has 1 fully saturated rings. The number of nitrogens with zero attached hydrogens (tertiary/aromatic N) is 1. The van der Waals surface area contributed by atoms with Gasteiger partial charge in [-0.15, -0.1) is 0 Å². The molecule has 0 spiro atoms. The van der Waals surface area contributed by atoms with Crippen LogP contribution in [0, 0.1) is 5.92 Å². The number of rotatable bonds is 4. The highest BCUT2D eigenvalue weighted by Gasteiger charge is 2.33. The lowest BCUT2D eigenvalue weighted by molar-refractivity contribution is -0.117. The SMILES string of the molecule is COc1c(Br)cc(Cl)cc1N1CC(CSC(C)=O)CC1=O. The van der Waals surface area contributed by atoms with E-state index in [1.54, 1.807) is 24.1 Å². The van der Waals surface area contributed by atoms with E-state index in [-0.39, 0.29) is 16.9 Å². The molecule has 1 unspecified atom stereocenters. The van der Waals surface area contributed by atoms with Gasteiger partial charge in [-0.2, -0.15) is 0 Å². The minimum atomic E-state index is 0.0246. The van der Waals surface area contributed by atoms with E-state index in [9.17, 15) is 9.59 Å². The highest BCUT2D eigenvalue weighted by Crippen LogP contribution is 2.41. The van der Waals surface area contributed by atoms with E-state index < -0.39 is 0 Å². The highest BCUT2D eigenvalue weighted by atomic mass is 79.9. The number of amides is 1. The zero-order valence-corrected chi connectivity index (χ0v) is 14.8. The van der Waals surface area contributed by atoms with Crippen LogP contribution < -0.4 is 9.64 Å². The molecule has 1 aliphatic rings. The van der Waals surface area contributed by atoms with Crippen molar-refractivity contribution in [1.82, 2.24) is 0 Å². The molecule has 1 heterocycles. The van der Waals surface area contributed by atoms with Gasteiger partial charge in [-0.05, 0) is 34.0 Å². The van der Waals surface area contributed by atoms with Gasteiger partial charge >= 0.3 is 0 Å². The molecule has 1 aromatic rings. The first-order valence-corrected chi connectivity index (χ1v) is 8.54. The van der Waals surface area contributed by atoms with Gasteiger partial charge < -0.3 is 9.64 Å². The zero-order valence-electron chi connectivity index (χ0n) is 11.7. The summed E-state index contributed by atoms with van der Waals surface area (Å²) in [7, 11) is 1.56. The normalized spacial score (nSPS) is 18.2. The molecule has 21 heavy (non-hydrogen) atoms. The van der Waals surface area contributed by atoms with E-state index in [0.717, 1.165) is 0 Å². The first-order valence-electron chi connectivity index (χ1n) is 6.39. The molecular formula is C14H15BrClNO3S. The minimum Gasteiger partial charge on any atom is -0.493 e. The van der Waals surface area contributed by atoms with Crippen molar-refractivity contribution in [3.05, 3.63) is 21.6 Å². The number of hydrogen-bond acceptors (Lipinski definition) is 4. The monoisotopic (exact) mass is 391 g/mol. The predicted octanol–water partition coefficient (Wildman–Crippen LogP) is 3.74. The summed E-state index contributed by atoms with van der Waals surface area (Å²) in [6, 6.07) is 3.46. The maximum Gasteiger partial charge on any atom is 0.227 e. The molecular weight excluding hydrogens is 378 g/mol. The summed E-state index contributed by atoms with van der Waals surface area (Å²) in [5.41, 5.74) is 0.664. The molecule has 0 saturated carbocycles. The van der Waals surface area contributed by atoms with Crippen LogP contribution in [0.4, 0.5) is 5.69 Å². The predicted molar refractivity (Wildman–Crippen MR) is 89.3 cm³/mol.